The summed E-state index contributed by atoms with van der Waals surface area (Å²) in [4.78, 5) is 4.82. The first-order valence-corrected chi connectivity index (χ1v) is 8.18. The molecule has 0 radical (unpaired) electrons. The van der Waals surface area contributed by atoms with E-state index in [0.717, 1.165) is 38.6 Å². The number of hydrogen-bond acceptors (Lipinski definition) is 4. The van der Waals surface area contributed by atoms with E-state index in [1.165, 1.54) is 0 Å². The zero-order valence-electron chi connectivity index (χ0n) is 12.9. The highest BCUT2D eigenvalue weighted by molar-refractivity contribution is 7.99. The third kappa shape index (κ3) is 3.78. The van der Waals surface area contributed by atoms with Crippen LogP contribution in [0.15, 0.2) is 59.6 Å². The molecule has 5 heteroatoms. The van der Waals surface area contributed by atoms with Crippen LogP contribution in [0, 0.1) is 0 Å². The van der Waals surface area contributed by atoms with E-state index in [-0.39, 0.29) is 12.4 Å². The van der Waals surface area contributed by atoms with Gasteiger partial charge in [0.15, 0.2) is 0 Å². The van der Waals surface area contributed by atoms with E-state index >= 15 is 0 Å². The first-order chi connectivity index (χ1) is 10.8. The van der Waals surface area contributed by atoms with Crippen molar-refractivity contribution in [1.29, 1.82) is 0 Å². The van der Waals surface area contributed by atoms with Crippen molar-refractivity contribution in [3.63, 3.8) is 0 Å². The van der Waals surface area contributed by atoms with Gasteiger partial charge in [-0.1, -0.05) is 36.4 Å². The van der Waals surface area contributed by atoms with Crippen LogP contribution >= 0.6 is 24.2 Å². The quantitative estimate of drug-likeness (QED) is 0.696. The fourth-order valence-corrected chi connectivity index (χ4v) is 3.22. The average Bonchev–Trinajstić information content (AvgIpc) is 2.59. The summed E-state index contributed by atoms with van der Waals surface area (Å²) in [7, 11) is 1.69. The third-order valence-corrected chi connectivity index (χ3v) is 4.47. The van der Waals surface area contributed by atoms with Crippen LogP contribution in [-0.2, 0) is 0 Å². The van der Waals surface area contributed by atoms with Crippen molar-refractivity contribution in [3.8, 4) is 16.9 Å². The standard InChI is InChI=1S/C18H18N2OS.ClH/c1-21-17-9-5-3-7-14(17)15-12-13-6-2-4-8-16(13)20-18(15)22-11-10-19;/h2-9,12H,10-11,19H2,1H3;1H. The Morgan fingerprint density at radius 1 is 1.04 bits per heavy atom. The molecule has 0 saturated carbocycles. The maximum Gasteiger partial charge on any atom is 0.126 e. The van der Waals surface area contributed by atoms with Gasteiger partial charge in [-0.3, -0.25) is 0 Å². The van der Waals surface area contributed by atoms with Crippen molar-refractivity contribution in [2.45, 2.75) is 5.03 Å². The Kier molecular flexibility index (Phi) is 6.28. The van der Waals surface area contributed by atoms with E-state index in [4.69, 9.17) is 15.5 Å². The predicted octanol–water partition coefficient (Wildman–Crippen LogP) is 4.38. The Morgan fingerprint density at radius 2 is 1.78 bits per heavy atom. The smallest absolute Gasteiger partial charge is 0.126 e. The first kappa shape index (κ1) is 17.6. The predicted molar refractivity (Wildman–Crippen MR) is 101 cm³/mol. The second-order valence-corrected chi connectivity index (χ2v) is 5.95. The second-order valence-electron chi connectivity index (χ2n) is 4.87. The lowest BCUT2D eigenvalue weighted by Gasteiger charge is -2.13. The van der Waals surface area contributed by atoms with Gasteiger partial charge in [0.1, 0.15) is 10.8 Å². The molecule has 0 aliphatic heterocycles. The maximum atomic E-state index is 5.66. The SMILES string of the molecule is COc1ccccc1-c1cc2ccccc2nc1SCCN.Cl. The number of pyridine rings is 1. The number of ether oxygens (including phenoxy) is 1. The van der Waals surface area contributed by atoms with E-state index in [1.54, 1.807) is 18.9 Å². The van der Waals surface area contributed by atoms with Gasteiger partial charge in [-0.15, -0.1) is 24.2 Å². The zero-order valence-corrected chi connectivity index (χ0v) is 14.5. The van der Waals surface area contributed by atoms with Gasteiger partial charge in [-0.2, -0.15) is 0 Å². The molecule has 0 aliphatic rings. The number of para-hydroxylation sites is 2. The molecule has 23 heavy (non-hydrogen) atoms. The average molecular weight is 347 g/mol. The monoisotopic (exact) mass is 346 g/mol. The van der Waals surface area contributed by atoms with E-state index in [9.17, 15) is 0 Å². The summed E-state index contributed by atoms with van der Waals surface area (Å²) < 4.78 is 5.51. The highest BCUT2D eigenvalue weighted by Crippen LogP contribution is 2.37. The van der Waals surface area contributed by atoms with Gasteiger partial charge in [0.05, 0.1) is 12.6 Å². The molecule has 2 aromatic carbocycles. The van der Waals surface area contributed by atoms with E-state index < -0.39 is 0 Å². The molecule has 0 atom stereocenters. The summed E-state index contributed by atoms with van der Waals surface area (Å²) in [5.41, 5.74) is 8.81. The van der Waals surface area contributed by atoms with Gasteiger partial charge in [0.25, 0.3) is 0 Å². The van der Waals surface area contributed by atoms with Crippen molar-refractivity contribution in [3.05, 3.63) is 54.6 Å². The molecule has 0 aliphatic carbocycles. The minimum Gasteiger partial charge on any atom is -0.496 e. The highest BCUT2D eigenvalue weighted by Gasteiger charge is 2.13. The summed E-state index contributed by atoms with van der Waals surface area (Å²) in [6.45, 7) is 0.630. The molecule has 0 bridgehead atoms. The number of thioether (sulfide) groups is 1. The topological polar surface area (TPSA) is 48.1 Å². The molecule has 3 rings (SSSR count). The number of halogens is 1. The number of benzene rings is 2. The van der Waals surface area contributed by atoms with E-state index in [1.807, 2.05) is 36.4 Å². The third-order valence-electron chi connectivity index (χ3n) is 3.44. The lowest BCUT2D eigenvalue weighted by Crippen LogP contribution is -2.02. The van der Waals surface area contributed by atoms with E-state index in [0.29, 0.717) is 6.54 Å². The molecular weight excluding hydrogens is 328 g/mol. The summed E-state index contributed by atoms with van der Waals surface area (Å²) in [6.07, 6.45) is 0. The lowest BCUT2D eigenvalue weighted by molar-refractivity contribution is 0.416. The highest BCUT2D eigenvalue weighted by atomic mass is 35.5. The Labute approximate surface area is 146 Å². The molecule has 0 spiro atoms. The van der Waals surface area contributed by atoms with Gasteiger partial charge in [-0.05, 0) is 18.2 Å². The number of aromatic nitrogens is 1. The molecule has 1 aromatic heterocycles. The van der Waals surface area contributed by atoms with Gasteiger partial charge in [0, 0.05) is 28.8 Å². The maximum absolute atomic E-state index is 5.66. The van der Waals surface area contributed by atoms with Crippen LogP contribution < -0.4 is 10.5 Å². The minimum absolute atomic E-state index is 0. The summed E-state index contributed by atoms with van der Waals surface area (Å²) in [6, 6.07) is 18.4. The Bertz CT molecular complexity index is 795. The van der Waals surface area contributed by atoms with Gasteiger partial charge >= 0.3 is 0 Å². The zero-order chi connectivity index (χ0) is 15.4. The van der Waals surface area contributed by atoms with Crippen molar-refractivity contribution >= 4 is 35.1 Å². The number of rotatable bonds is 5. The van der Waals surface area contributed by atoms with Crippen LogP contribution in [0.4, 0.5) is 0 Å². The largest absolute Gasteiger partial charge is 0.496 e. The van der Waals surface area contributed by atoms with Crippen molar-refractivity contribution < 1.29 is 4.74 Å². The number of hydrogen-bond donors (Lipinski definition) is 1. The van der Waals surface area contributed by atoms with Gasteiger partial charge in [-0.25, -0.2) is 4.98 Å². The number of nitrogens with two attached hydrogens (primary N) is 1. The fourth-order valence-electron chi connectivity index (χ4n) is 2.42. The molecule has 0 amide bonds. The fraction of sp³-hybridized carbons (Fsp3) is 0.167. The molecule has 0 fully saturated rings. The Balaban J connectivity index is 0.00000192. The van der Waals surface area contributed by atoms with Crippen molar-refractivity contribution in [1.82, 2.24) is 4.98 Å². The van der Waals surface area contributed by atoms with Crippen LogP contribution in [0.1, 0.15) is 0 Å². The van der Waals surface area contributed by atoms with Crippen LogP contribution in [-0.4, -0.2) is 24.4 Å². The summed E-state index contributed by atoms with van der Waals surface area (Å²) in [5.74, 6) is 1.70. The van der Waals surface area contributed by atoms with Gasteiger partial charge < -0.3 is 10.5 Å². The lowest BCUT2D eigenvalue weighted by atomic mass is 10.0. The number of methoxy groups -OCH3 is 1. The molecule has 120 valence electrons. The Morgan fingerprint density at radius 3 is 2.57 bits per heavy atom. The molecule has 0 saturated heterocycles. The minimum atomic E-state index is 0. The van der Waals surface area contributed by atoms with Crippen LogP contribution in [0.5, 0.6) is 5.75 Å². The normalized spacial score (nSPS) is 10.3. The van der Waals surface area contributed by atoms with E-state index in [2.05, 4.69) is 18.2 Å². The molecule has 1 heterocycles. The van der Waals surface area contributed by atoms with Gasteiger partial charge in [0.2, 0.25) is 0 Å². The molecule has 2 N–H and O–H groups in total. The van der Waals surface area contributed by atoms with Crippen LogP contribution in [0.25, 0.3) is 22.0 Å². The molecular formula is C18H19ClN2OS. The number of nitrogens with zero attached hydrogens (tertiary/aromatic N) is 1. The van der Waals surface area contributed by atoms with Crippen LogP contribution in [0.2, 0.25) is 0 Å². The van der Waals surface area contributed by atoms with Crippen molar-refractivity contribution in [2.24, 2.45) is 5.73 Å². The van der Waals surface area contributed by atoms with Crippen molar-refractivity contribution in [2.75, 3.05) is 19.4 Å². The molecule has 3 nitrogen and oxygen atoms in total. The first-order valence-electron chi connectivity index (χ1n) is 7.19. The Hall–Kier alpha value is -1.75. The number of fused-ring (bicyclic) bond motifs is 1. The molecule has 3 aromatic rings. The summed E-state index contributed by atoms with van der Waals surface area (Å²) in [5, 5.41) is 2.12. The molecule has 0 unspecified atom stereocenters. The summed E-state index contributed by atoms with van der Waals surface area (Å²) >= 11 is 1.68. The van der Waals surface area contributed by atoms with Crippen LogP contribution in [0.3, 0.4) is 0 Å². The second kappa shape index (κ2) is 8.20.